The van der Waals surface area contributed by atoms with Crippen molar-refractivity contribution in [3.8, 4) is 0 Å². The first-order valence-corrected chi connectivity index (χ1v) is 11.5. The van der Waals surface area contributed by atoms with Gasteiger partial charge in [-0.05, 0) is 81.5 Å². The van der Waals surface area contributed by atoms with Gasteiger partial charge in [0, 0.05) is 24.5 Å². The molecule has 0 aromatic heterocycles. The van der Waals surface area contributed by atoms with Crippen LogP contribution in [0.1, 0.15) is 45.4 Å². The molecule has 168 valence electrons. The molecule has 1 aromatic rings. The Labute approximate surface area is 183 Å². The van der Waals surface area contributed by atoms with E-state index in [-0.39, 0.29) is 11.9 Å². The van der Waals surface area contributed by atoms with Crippen molar-refractivity contribution in [1.82, 2.24) is 0 Å². The van der Waals surface area contributed by atoms with E-state index in [4.69, 9.17) is 9.47 Å². The molecule has 4 aliphatic carbocycles. The average molecular weight is 429 g/mol. The lowest BCUT2D eigenvalue weighted by Crippen LogP contribution is -2.59. The zero-order valence-electron chi connectivity index (χ0n) is 18.1. The smallest absolute Gasteiger partial charge is 0.312 e. The number of benzene rings is 1. The number of rotatable bonds is 5. The molecule has 0 radical (unpaired) electrons. The maximum absolute atomic E-state index is 13.1. The average Bonchev–Trinajstić information content (AvgIpc) is 2.73. The summed E-state index contributed by atoms with van der Waals surface area (Å²) in [6, 6.07) is 7.69. The van der Waals surface area contributed by atoms with Gasteiger partial charge in [-0.2, -0.15) is 0 Å². The molecular formula is C24H32N2O5. The van der Waals surface area contributed by atoms with E-state index < -0.39 is 17.1 Å². The monoisotopic (exact) mass is 428 g/mol. The highest BCUT2D eigenvalue weighted by molar-refractivity contribution is 5.95. The van der Waals surface area contributed by atoms with Gasteiger partial charge in [0.25, 0.3) is 5.91 Å². The van der Waals surface area contributed by atoms with Crippen molar-refractivity contribution < 1.29 is 24.2 Å². The lowest BCUT2D eigenvalue weighted by atomic mass is 9.48. The third-order valence-corrected chi connectivity index (χ3v) is 7.63. The zero-order valence-corrected chi connectivity index (χ0v) is 18.1. The van der Waals surface area contributed by atoms with Crippen LogP contribution < -0.4 is 10.2 Å². The Morgan fingerprint density at radius 3 is 2.39 bits per heavy atom. The fraction of sp³-hybridized carbons (Fsp3) is 0.667. The summed E-state index contributed by atoms with van der Waals surface area (Å²) in [7, 11) is 0. The van der Waals surface area contributed by atoms with Crippen molar-refractivity contribution in [3.63, 3.8) is 0 Å². The molecule has 31 heavy (non-hydrogen) atoms. The molecule has 7 heteroatoms. The second-order valence-corrected chi connectivity index (χ2v) is 10.1. The van der Waals surface area contributed by atoms with Crippen molar-refractivity contribution in [2.45, 2.75) is 57.2 Å². The molecule has 2 unspecified atom stereocenters. The Hall–Kier alpha value is -2.12. The molecule has 1 aromatic carbocycles. The fourth-order valence-electron chi connectivity index (χ4n) is 6.61. The van der Waals surface area contributed by atoms with E-state index in [2.05, 4.69) is 10.2 Å². The summed E-state index contributed by atoms with van der Waals surface area (Å²) in [5, 5.41) is 13.7. The Kier molecular flexibility index (Phi) is 5.21. The van der Waals surface area contributed by atoms with Crippen molar-refractivity contribution in [1.29, 1.82) is 0 Å². The van der Waals surface area contributed by atoms with E-state index in [1.54, 1.807) is 6.92 Å². The summed E-state index contributed by atoms with van der Waals surface area (Å²) < 4.78 is 11.0. The minimum Gasteiger partial charge on any atom is -0.452 e. The van der Waals surface area contributed by atoms with Crippen LogP contribution >= 0.6 is 0 Å². The van der Waals surface area contributed by atoms with Gasteiger partial charge in [-0.15, -0.1) is 0 Å². The molecule has 1 aliphatic heterocycles. The maximum Gasteiger partial charge on any atom is 0.312 e. The van der Waals surface area contributed by atoms with Crippen LogP contribution in [0.2, 0.25) is 0 Å². The lowest BCUT2D eigenvalue weighted by molar-refractivity contribution is -0.199. The van der Waals surface area contributed by atoms with Crippen LogP contribution in [0.5, 0.6) is 0 Å². The first kappa shape index (κ1) is 20.8. The number of anilines is 2. The minimum absolute atomic E-state index is 0.314. The highest BCUT2D eigenvalue weighted by atomic mass is 16.5. The number of amides is 1. The van der Waals surface area contributed by atoms with E-state index in [9.17, 15) is 14.7 Å². The van der Waals surface area contributed by atoms with Crippen molar-refractivity contribution >= 4 is 23.3 Å². The quantitative estimate of drug-likeness (QED) is 0.701. The normalized spacial score (nSPS) is 35.0. The molecule has 1 saturated heterocycles. The third kappa shape index (κ3) is 4.05. The topological polar surface area (TPSA) is 88.1 Å². The molecule has 1 heterocycles. The predicted molar refractivity (Wildman–Crippen MR) is 116 cm³/mol. The molecule has 2 N–H and O–H groups in total. The Balaban J connectivity index is 1.18. The minimum atomic E-state index is -0.880. The van der Waals surface area contributed by atoms with Gasteiger partial charge in [0.05, 0.1) is 24.2 Å². The molecule has 1 amide bonds. The van der Waals surface area contributed by atoms with Crippen molar-refractivity contribution in [2.24, 2.45) is 17.3 Å². The van der Waals surface area contributed by atoms with E-state index in [0.29, 0.717) is 23.9 Å². The van der Waals surface area contributed by atoms with Gasteiger partial charge in [-0.25, -0.2) is 0 Å². The van der Waals surface area contributed by atoms with Gasteiger partial charge >= 0.3 is 5.97 Å². The summed E-state index contributed by atoms with van der Waals surface area (Å²) in [4.78, 5) is 28.0. The molecule has 4 bridgehead atoms. The summed E-state index contributed by atoms with van der Waals surface area (Å²) in [6.45, 7) is 4.78. The number of carbonyl (C=O) groups is 2. The molecule has 5 atom stereocenters. The Bertz CT molecular complexity index is 834. The van der Waals surface area contributed by atoms with Crippen LogP contribution in [0.25, 0.3) is 0 Å². The molecule has 5 fully saturated rings. The second kappa shape index (κ2) is 7.78. The number of esters is 1. The SMILES string of the molecule is C[C@@H](OC(=O)C12C[C@@H]3C[C@@H](CC(O)(C3)C1)C2)C(=O)Nc1ccc(N2CCOCC2)cc1. The summed E-state index contributed by atoms with van der Waals surface area (Å²) >= 11 is 0. The van der Waals surface area contributed by atoms with Gasteiger partial charge in [-0.1, -0.05) is 0 Å². The van der Waals surface area contributed by atoms with Crippen LogP contribution in [-0.2, 0) is 19.1 Å². The van der Waals surface area contributed by atoms with Gasteiger partial charge in [0.2, 0.25) is 0 Å². The number of hydrogen-bond acceptors (Lipinski definition) is 6. The molecule has 0 spiro atoms. The maximum atomic E-state index is 13.1. The number of ether oxygens (including phenoxy) is 2. The van der Waals surface area contributed by atoms with Crippen molar-refractivity contribution in [3.05, 3.63) is 24.3 Å². The van der Waals surface area contributed by atoms with E-state index >= 15 is 0 Å². The van der Waals surface area contributed by atoms with E-state index in [1.807, 2.05) is 24.3 Å². The van der Waals surface area contributed by atoms with Crippen LogP contribution in [0.4, 0.5) is 11.4 Å². The van der Waals surface area contributed by atoms with Crippen LogP contribution in [-0.4, -0.2) is 55.0 Å². The van der Waals surface area contributed by atoms with Crippen molar-refractivity contribution in [2.75, 3.05) is 36.5 Å². The van der Waals surface area contributed by atoms with Gasteiger partial charge in [-0.3, -0.25) is 9.59 Å². The Morgan fingerprint density at radius 1 is 1.13 bits per heavy atom. The van der Waals surface area contributed by atoms with Crippen LogP contribution in [0.15, 0.2) is 24.3 Å². The Morgan fingerprint density at radius 2 is 1.77 bits per heavy atom. The van der Waals surface area contributed by atoms with E-state index in [1.165, 1.54) is 0 Å². The highest BCUT2D eigenvalue weighted by Crippen LogP contribution is 2.62. The zero-order chi connectivity index (χ0) is 21.6. The molecule has 4 saturated carbocycles. The lowest BCUT2D eigenvalue weighted by Gasteiger charge is -2.58. The number of carbonyl (C=O) groups excluding carboxylic acids is 2. The summed E-state index contributed by atoms with van der Waals surface area (Å²) in [5.41, 5.74) is 0.429. The first-order valence-electron chi connectivity index (χ1n) is 11.5. The van der Waals surface area contributed by atoms with E-state index in [0.717, 1.165) is 64.1 Å². The number of aliphatic hydroxyl groups is 1. The molecule has 6 rings (SSSR count). The van der Waals surface area contributed by atoms with Gasteiger partial charge < -0.3 is 24.8 Å². The largest absolute Gasteiger partial charge is 0.452 e. The number of nitrogens with one attached hydrogen (secondary N) is 1. The molecule has 7 nitrogen and oxygen atoms in total. The summed E-state index contributed by atoms with van der Waals surface area (Å²) in [5.74, 6) is 0.141. The number of hydrogen-bond donors (Lipinski definition) is 2. The molecular weight excluding hydrogens is 396 g/mol. The predicted octanol–water partition coefficient (Wildman–Crippen LogP) is 2.72. The fourth-order valence-corrected chi connectivity index (χ4v) is 6.61. The van der Waals surface area contributed by atoms with Crippen LogP contribution in [0, 0.1) is 17.3 Å². The standard InChI is InChI=1S/C24H32N2O5/c1-16(21(27)25-19-2-4-20(5-3-19)26-6-8-30-9-7-26)31-22(28)23-11-17-10-18(12-23)14-24(29,13-17)15-23/h2-5,16-18,29H,6-15H2,1H3,(H,25,27)/t16-,17-,18+,23?,24?/m1/s1. The second-order valence-electron chi connectivity index (χ2n) is 10.1. The van der Waals surface area contributed by atoms with Crippen LogP contribution in [0.3, 0.4) is 0 Å². The molecule has 5 aliphatic rings. The third-order valence-electron chi connectivity index (χ3n) is 7.63. The van der Waals surface area contributed by atoms with Gasteiger partial charge in [0.1, 0.15) is 0 Å². The summed E-state index contributed by atoms with van der Waals surface area (Å²) in [6.07, 6.45) is 3.86. The first-order chi connectivity index (χ1) is 14.8. The highest BCUT2D eigenvalue weighted by Gasteiger charge is 2.61. The number of morpholine rings is 1. The van der Waals surface area contributed by atoms with Gasteiger partial charge in [0.15, 0.2) is 6.10 Å². The number of nitrogens with zero attached hydrogens (tertiary/aromatic N) is 1.